The van der Waals surface area contributed by atoms with Crippen molar-refractivity contribution >= 4 is 11.4 Å². The van der Waals surface area contributed by atoms with Gasteiger partial charge in [0.25, 0.3) is 5.69 Å². The molecule has 1 aromatic heterocycles. The van der Waals surface area contributed by atoms with Gasteiger partial charge in [-0.25, -0.2) is 4.68 Å². The lowest BCUT2D eigenvalue weighted by atomic mass is 10.1. The zero-order valence-electron chi connectivity index (χ0n) is 13.2. The van der Waals surface area contributed by atoms with Crippen LogP contribution < -0.4 is 5.01 Å². The van der Waals surface area contributed by atoms with Crippen molar-refractivity contribution in [3.8, 4) is 6.07 Å². The third-order valence-electron chi connectivity index (χ3n) is 3.74. The second-order valence-electron chi connectivity index (χ2n) is 5.30. The van der Waals surface area contributed by atoms with Gasteiger partial charge in [0.2, 0.25) is 0 Å². The van der Waals surface area contributed by atoms with Gasteiger partial charge in [-0.15, -0.1) is 10.2 Å². The van der Waals surface area contributed by atoms with Gasteiger partial charge in [-0.05, 0) is 36.2 Å². The molecule has 25 heavy (non-hydrogen) atoms. The van der Waals surface area contributed by atoms with E-state index in [9.17, 15) is 10.1 Å². The summed E-state index contributed by atoms with van der Waals surface area (Å²) in [6.07, 6.45) is 3.86. The lowest BCUT2D eigenvalue weighted by molar-refractivity contribution is -0.384. The van der Waals surface area contributed by atoms with E-state index < -0.39 is 4.92 Å². The molecule has 0 spiro atoms. The number of rotatable bonds is 6. The summed E-state index contributed by atoms with van der Waals surface area (Å²) < 4.78 is 1.76. The standard InChI is InChI=1S/C17H14N6O2/c18-11-15-3-5-16(6-4-15)22(21-12-19-20-13-21)10-9-14-1-7-17(8-2-14)23(24)25/h1-8,12-13H,9-10H2. The summed E-state index contributed by atoms with van der Waals surface area (Å²) in [6.45, 7) is 0.613. The molecule has 0 saturated carbocycles. The Bertz CT molecular complexity index is 882. The molecule has 8 heteroatoms. The van der Waals surface area contributed by atoms with E-state index in [1.807, 2.05) is 17.1 Å². The monoisotopic (exact) mass is 334 g/mol. The second-order valence-corrected chi connectivity index (χ2v) is 5.30. The first kappa shape index (κ1) is 16.1. The van der Waals surface area contributed by atoms with Crippen LogP contribution in [0.5, 0.6) is 0 Å². The third kappa shape index (κ3) is 3.79. The molecule has 2 aromatic carbocycles. The highest BCUT2D eigenvalue weighted by Crippen LogP contribution is 2.18. The van der Waals surface area contributed by atoms with E-state index in [4.69, 9.17) is 5.26 Å². The van der Waals surface area contributed by atoms with Crippen molar-refractivity contribution in [1.82, 2.24) is 14.9 Å². The number of nitrogens with zero attached hydrogens (tertiary/aromatic N) is 6. The molecule has 0 bridgehead atoms. The van der Waals surface area contributed by atoms with Crippen molar-refractivity contribution < 1.29 is 4.92 Å². The zero-order valence-corrected chi connectivity index (χ0v) is 13.2. The number of hydrogen-bond donors (Lipinski definition) is 0. The van der Waals surface area contributed by atoms with Crippen LogP contribution in [0.15, 0.2) is 61.2 Å². The number of benzene rings is 2. The van der Waals surface area contributed by atoms with E-state index in [-0.39, 0.29) is 5.69 Å². The summed E-state index contributed by atoms with van der Waals surface area (Å²) in [4.78, 5) is 10.3. The molecule has 0 unspecified atom stereocenters. The first-order valence-corrected chi connectivity index (χ1v) is 7.53. The topological polar surface area (TPSA) is 101 Å². The number of nitro benzene ring substituents is 1. The molecule has 0 amide bonds. The smallest absolute Gasteiger partial charge is 0.269 e. The molecule has 0 atom stereocenters. The Morgan fingerprint density at radius 1 is 1.08 bits per heavy atom. The quantitative estimate of drug-likeness (QED) is 0.507. The van der Waals surface area contributed by atoms with Crippen LogP contribution in [0.2, 0.25) is 0 Å². The molecule has 8 nitrogen and oxygen atoms in total. The van der Waals surface area contributed by atoms with Crippen LogP contribution in [0.4, 0.5) is 11.4 Å². The fourth-order valence-corrected chi connectivity index (χ4v) is 2.43. The molecule has 1 heterocycles. The average Bonchev–Trinajstić information content (AvgIpc) is 3.17. The van der Waals surface area contributed by atoms with Gasteiger partial charge in [0.15, 0.2) is 0 Å². The number of hydrogen-bond acceptors (Lipinski definition) is 6. The third-order valence-corrected chi connectivity index (χ3v) is 3.74. The maximum atomic E-state index is 10.7. The fraction of sp³-hybridized carbons (Fsp3) is 0.118. The van der Waals surface area contributed by atoms with Gasteiger partial charge < -0.3 is 0 Å². The second kappa shape index (κ2) is 7.23. The number of nitro groups is 1. The van der Waals surface area contributed by atoms with Crippen molar-refractivity contribution in [2.75, 3.05) is 11.6 Å². The number of anilines is 1. The van der Waals surface area contributed by atoms with Crippen molar-refractivity contribution in [3.63, 3.8) is 0 Å². The van der Waals surface area contributed by atoms with Crippen LogP contribution in [-0.4, -0.2) is 26.3 Å². The van der Waals surface area contributed by atoms with E-state index in [1.165, 1.54) is 12.1 Å². The highest BCUT2D eigenvalue weighted by Gasteiger charge is 2.10. The van der Waals surface area contributed by atoms with Gasteiger partial charge in [0.1, 0.15) is 12.7 Å². The molecule has 0 radical (unpaired) electrons. The van der Waals surface area contributed by atoms with Gasteiger partial charge in [-0.3, -0.25) is 15.1 Å². The number of aromatic nitrogens is 3. The summed E-state index contributed by atoms with van der Waals surface area (Å²) in [5.74, 6) is 0. The molecule has 0 aliphatic carbocycles. The molecule has 0 saturated heterocycles. The molecule has 0 aliphatic heterocycles. The Kier molecular flexibility index (Phi) is 4.67. The Morgan fingerprint density at radius 2 is 1.72 bits per heavy atom. The van der Waals surface area contributed by atoms with Crippen molar-refractivity contribution in [2.24, 2.45) is 0 Å². The molecular formula is C17H14N6O2. The first-order valence-electron chi connectivity index (χ1n) is 7.53. The zero-order chi connectivity index (χ0) is 17.6. The van der Waals surface area contributed by atoms with Crippen LogP contribution in [0.25, 0.3) is 0 Å². The van der Waals surface area contributed by atoms with Gasteiger partial charge in [-0.1, -0.05) is 12.1 Å². The molecule has 0 aliphatic rings. The molecular weight excluding hydrogens is 320 g/mol. The van der Waals surface area contributed by atoms with Crippen LogP contribution in [0, 0.1) is 21.4 Å². The molecule has 124 valence electrons. The minimum Gasteiger partial charge on any atom is -0.279 e. The summed E-state index contributed by atoms with van der Waals surface area (Å²) in [5.41, 5.74) is 2.53. The van der Waals surface area contributed by atoms with E-state index in [1.54, 1.807) is 41.6 Å². The lowest BCUT2D eigenvalue weighted by Crippen LogP contribution is -2.30. The van der Waals surface area contributed by atoms with Gasteiger partial charge in [0.05, 0.1) is 22.2 Å². The number of non-ortho nitro benzene ring substituents is 1. The van der Waals surface area contributed by atoms with Crippen molar-refractivity contribution in [1.29, 1.82) is 5.26 Å². The summed E-state index contributed by atoms with van der Waals surface area (Å²) in [7, 11) is 0. The van der Waals surface area contributed by atoms with Crippen molar-refractivity contribution in [2.45, 2.75) is 6.42 Å². The minimum absolute atomic E-state index is 0.0755. The van der Waals surface area contributed by atoms with E-state index in [0.717, 1.165) is 11.3 Å². The normalized spacial score (nSPS) is 10.2. The van der Waals surface area contributed by atoms with Crippen LogP contribution in [0.3, 0.4) is 0 Å². The first-order chi connectivity index (χ1) is 12.2. The molecule has 0 N–H and O–H groups in total. The minimum atomic E-state index is -0.413. The Hall–Kier alpha value is -3.73. The summed E-state index contributed by atoms with van der Waals surface area (Å²) in [6, 6.07) is 15.8. The Labute approximate surface area is 143 Å². The van der Waals surface area contributed by atoms with Gasteiger partial charge >= 0.3 is 0 Å². The fourth-order valence-electron chi connectivity index (χ4n) is 2.43. The SMILES string of the molecule is N#Cc1ccc(N(CCc2ccc([N+](=O)[O-])cc2)n2cnnc2)cc1. The Morgan fingerprint density at radius 3 is 2.28 bits per heavy atom. The molecule has 3 rings (SSSR count). The number of nitriles is 1. The van der Waals surface area contributed by atoms with E-state index in [2.05, 4.69) is 16.3 Å². The highest BCUT2D eigenvalue weighted by molar-refractivity contribution is 5.49. The summed E-state index contributed by atoms with van der Waals surface area (Å²) >= 11 is 0. The van der Waals surface area contributed by atoms with Crippen LogP contribution in [-0.2, 0) is 6.42 Å². The van der Waals surface area contributed by atoms with Crippen molar-refractivity contribution in [3.05, 3.63) is 82.4 Å². The average molecular weight is 334 g/mol. The largest absolute Gasteiger partial charge is 0.279 e. The molecule has 3 aromatic rings. The maximum absolute atomic E-state index is 10.7. The lowest BCUT2D eigenvalue weighted by Gasteiger charge is -2.25. The van der Waals surface area contributed by atoms with Crippen LogP contribution in [0.1, 0.15) is 11.1 Å². The summed E-state index contributed by atoms with van der Waals surface area (Å²) in [5, 5.41) is 29.3. The predicted molar refractivity (Wildman–Crippen MR) is 90.7 cm³/mol. The highest BCUT2D eigenvalue weighted by atomic mass is 16.6. The predicted octanol–water partition coefficient (Wildman–Crippen LogP) is 2.57. The van der Waals surface area contributed by atoms with E-state index in [0.29, 0.717) is 18.5 Å². The molecule has 0 fully saturated rings. The Balaban J connectivity index is 1.78. The van der Waals surface area contributed by atoms with Gasteiger partial charge in [-0.2, -0.15) is 5.26 Å². The van der Waals surface area contributed by atoms with Crippen LogP contribution >= 0.6 is 0 Å². The maximum Gasteiger partial charge on any atom is 0.269 e. The van der Waals surface area contributed by atoms with E-state index >= 15 is 0 Å². The van der Waals surface area contributed by atoms with Gasteiger partial charge in [0, 0.05) is 18.7 Å².